The first-order chi connectivity index (χ1) is 16.0. The Morgan fingerprint density at radius 3 is 2.44 bits per heavy atom. The van der Waals surface area contributed by atoms with Gasteiger partial charge in [-0.1, -0.05) is 18.2 Å². The summed E-state index contributed by atoms with van der Waals surface area (Å²) in [4.78, 5) is 23.0. The minimum atomic E-state index is 0. The summed E-state index contributed by atoms with van der Waals surface area (Å²) < 4.78 is 1.85. The van der Waals surface area contributed by atoms with Crippen molar-refractivity contribution < 1.29 is 4.79 Å². The Balaban J connectivity index is 0.00000324. The molecule has 0 spiro atoms. The monoisotopic (exact) mass is 573 g/mol. The molecular formula is C25H32IN7O. The Morgan fingerprint density at radius 2 is 1.85 bits per heavy atom. The van der Waals surface area contributed by atoms with Crippen molar-refractivity contribution >= 4 is 41.5 Å². The Bertz CT molecular complexity index is 1120. The molecule has 2 aromatic heterocycles. The number of benzene rings is 1. The maximum Gasteiger partial charge on any atom is 0.227 e. The third-order valence-electron chi connectivity index (χ3n) is 5.58. The smallest absolute Gasteiger partial charge is 0.227 e. The van der Waals surface area contributed by atoms with Crippen molar-refractivity contribution in [2.24, 2.45) is 4.99 Å². The lowest BCUT2D eigenvalue weighted by molar-refractivity contribution is -0.117. The van der Waals surface area contributed by atoms with Crippen LogP contribution in [0.25, 0.3) is 5.82 Å². The first kappa shape index (κ1) is 25.7. The van der Waals surface area contributed by atoms with E-state index in [1.54, 1.807) is 0 Å². The summed E-state index contributed by atoms with van der Waals surface area (Å²) in [6, 6.07) is 14.2. The van der Waals surface area contributed by atoms with Gasteiger partial charge in [0.1, 0.15) is 0 Å². The topological polar surface area (TPSA) is 87.4 Å². The minimum Gasteiger partial charge on any atom is -0.357 e. The Labute approximate surface area is 217 Å². The van der Waals surface area contributed by atoms with Crippen molar-refractivity contribution in [2.45, 2.75) is 46.7 Å². The SMILES string of the molecule is CCNC(=NCc1ccc(-n2nc(C)cc2C)nc1)NCc1ccc(N2CCCC2=O)cc1.I. The number of pyridine rings is 1. The van der Waals surface area contributed by atoms with E-state index in [-0.39, 0.29) is 29.9 Å². The molecule has 1 fully saturated rings. The van der Waals surface area contributed by atoms with Gasteiger partial charge >= 0.3 is 0 Å². The van der Waals surface area contributed by atoms with Gasteiger partial charge in [-0.25, -0.2) is 14.7 Å². The third-order valence-corrected chi connectivity index (χ3v) is 5.58. The van der Waals surface area contributed by atoms with Crippen LogP contribution in [0.2, 0.25) is 0 Å². The number of nitrogens with zero attached hydrogens (tertiary/aromatic N) is 5. The van der Waals surface area contributed by atoms with Crippen molar-refractivity contribution in [2.75, 3.05) is 18.0 Å². The highest BCUT2D eigenvalue weighted by atomic mass is 127. The van der Waals surface area contributed by atoms with E-state index >= 15 is 0 Å². The molecule has 0 aliphatic carbocycles. The van der Waals surface area contributed by atoms with Crippen molar-refractivity contribution in [1.82, 2.24) is 25.4 Å². The minimum absolute atomic E-state index is 0. The fourth-order valence-electron chi connectivity index (χ4n) is 3.91. The molecule has 1 saturated heterocycles. The summed E-state index contributed by atoms with van der Waals surface area (Å²) >= 11 is 0. The van der Waals surface area contributed by atoms with Gasteiger partial charge in [0.25, 0.3) is 0 Å². The van der Waals surface area contributed by atoms with Gasteiger partial charge < -0.3 is 15.5 Å². The van der Waals surface area contributed by atoms with Gasteiger partial charge in [-0.05, 0) is 62.6 Å². The number of aryl methyl sites for hydroxylation is 2. The molecule has 8 nitrogen and oxygen atoms in total. The number of carbonyl (C=O) groups is 1. The van der Waals surface area contributed by atoms with Crippen LogP contribution in [0, 0.1) is 13.8 Å². The largest absolute Gasteiger partial charge is 0.357 e. The predicted octanol–water partition coefficient (Wildman–Crippen LogP) is 3.88. The molecule has 0 atom stereocenters. The number of carbonyl (C=O) groups excluding carboxylic acids is 1. The number of hydrogen-bond donors (Lipinski definition) is 2. The Hall–Kier alpha value is -2.95. The van der Waals surface area contributed by atoms with E-state index in [4.69, 9.17) is 4.99 Å². The number of guanidine groups is 1. The van der Waals surface area contributed by atoms with Crippen LogP contribution in [0.5, 0.6) is 0 Å². The quantitative estimate of drug-likeness (QED) is 0.255. The van der Waals surface area contributed by atoms with Gasteiger partial charge in [-0.2, -0.15) is 5.10 Å². The van der Waals surface area contributed by atoms with E-state index < -0.39 is 0 Å². The van der Waals surface area contributed by atoms with Crippen LogP contribution < -0.4 is 15.5 Å². The van der Waals surface area contributed by atoms with Crippen LogP contribution in [0.3, 0.4) is 0 Å². The van der Waals surface area contributed by atoms with E-state index in [1.165, 1.54) is 0 Å². The van der Waals surface area contributed by atoms with Crippen LogP contribution >= 0.6 is 24.0 Å². The summed E-state index contributed by atoms with van der Waals surface area (Å²) in [5.41, 5.74) is 5.16. The molecule has 1 aliphatic rings. The number of hydrogen-bond acceptors (Lipinski definition) is 4. The molecule has 0 unspecified atom stereocenters. The molecule has 1 aliphatic heterocycles. The summed E-state index contributed by atoms with van der Waals surface area (Å²) in [6.45, 7) is 8.80. The molecule has 0 bridgehead atoms. The lowest BCUT2D eigenvalue weighted by Crippen LogP contribution is -2.36. The lowest BCUT2D eigenvalue weighted by atomic mass is 10.2. The van der Waals surface area contributed by atoms with Gasteiger partial charge in [-0.15, -0.1) is 24.0 Å². The van der Waals surface area contributed by atoms with E-state index in [0.29, 0.717) is 19.5 Å². The summed E-state index contributed by atoms with van der Waals surface area (Å²) in [5.74, 6) is 1.76. The summed E-state index contributed by atoms with van der Waals surface area (Å²) in [5, 5.41) is 11.1. The zero-order chi connectivity index (χ0) is 23.2. The summed E-state index contributed by atoms with van der Waals surface area (Å²) in [6.07, 6.45) is 3.43. The number of nitrogens with one attached hydrogen (secondary N) is 2. The number of aliphatic imine (C=N–C) groups is 1. The first-order valence-electron chi connectivity index (χ1n) is 11.4. The molecule has 2 N–H and O–H groups in total. The molecule has 4 rings (SSSR count). The maximum atomic E-state index is 11.9. The number of aromatic nitrogens is 3. The normalized spacial score (nSPS) is 13.7. The number of rotatable bonds is 7. The molecule has 0 saturated carbocycles. The zero-order valence-corrected chi connectivity index (χ0v) is 22.2. The number of amides is 1. The lowest BCUT2D eigenvalue weighted by Gasteiger charge is -2.16. The highest BCUT2D eigenvalue weighted by molar-refractivity contribution is 14.0. The fraction of sp³-hybridized carbons (Fsp3) is 0.360. The molecule has 180 valence electrons. The van der Waals surface area contributed by atoms with Crippen molar-refractivity contribution in [3.8, 4) is 5.82 Å². The second kappa shape index (κ2) is 12.0. The van der Waals surface area contributed by atoms with Gasteiger partial charge in [0.05, 0.1) is 12.2 Å². The van der Waals surface area contributed by atoms with E-state index in [2.05, 4.69) is 32.8 Å². The predicted molar refractivity (Wildman–Crippen MR) is 146 cm³/mol. The van der Waals surface area contributed by atoms with Crippen LogP contribution in [-0.2, 0) is 17.9 Å². The second-order valence-electron chi connectivity index (χ2n) is 8.23. The molecule has 3 heterocycles. The maximum absolute atomic E-state index is 11.9. The van der Waals surface area contributed by atoms with Gasteiger partial charge in [-0.3, -0.25) is 4.79 Å². The molecule has 1 aromatic carbocycles. The highest BCUT2D eigenvalue weighted by Crippen LogP contribution is 2.21. The summed E-state index contributed by atoms with van der Waals surface area (Å²) in [7, 11) is 0. The Morgan fingerprint density at radius 1 is 1.09 bits per heavy atom. The van der Waals surface area contributed by atoms with Crippen LogP contribution in [0.4, 0.5) is 5.69 Å². The van der Waals surface area contributed by atoms with Crippen LogP contribution in [0.1, 0.15) is 42.3 Å². The molecule has 34 heavy (non-hydrogen) atoms. The van der Waals surface area contributed by atoms with E-state index in [0.717, 1.165) is 59.5 Å². The number of anilines is 1. The van der Waals surface area contributed by atoms with E-state index in [9.17, 15) is 4.79 Å². The van der Waals surface area contributed by atoms with Crippen molar-refractivity contribution in [1.29, 1.82) is 0 Å². The Kier molecular flexibility index (Phi) is 9.03. The van der Waals surface area contributed by atoms with Crippen molar-refractivity contribution in [3.63, 3.8) is 0 Å². The third kappa shape index (κ3) is 6.34. The zero-order valence-electron chi connectivity index (χ0n) is 19.9. The average Bonchev–Trinajstić information content (AvgIpc) is 3.40. The first-order valence-corrected chi connectivity index (χ1v) is 11.4. The highest BCUT2D eigenvalue weighted by Gasteiger charge is 2.21. The molecule has 9 heteroatoms. The molecule has 1 amide bonds. The molecular weight excluding hydrogens is 541 g/mol. The molecule has 3 aromatic rings. The van der Waals surface area contributed by atoms with Gasteiger partial charge in [0.2, 0.25) is 5.91 Å². The number of halogens is 1. The van der Waals surface area contributed by atoms with Crippen LogP contribution in [-0.4, -0.2) is 39.7 Å². The van der Waals surface area contributed by atoms with Crippen molar-refractivity contribution in [3.05, 3.63) is 71.2 Å². The van der Waals surface area contributed by atoms with E-state index in [1.807, 2.05) is 66.9 Å². The standard InChI is InChI=1S/C25H31N7O.HI/c1-4-26-25(28-15-20-7-10-22(11-8-20)31-13-5-6-24(31)33)29-17-21-9-12-23(27-16-21)32-19(3)14-18(2)30-32;/h7-12,14,16H,4-6,13,15,17H2,1-3H3,(H2,26,28,29);1H. The van der Waals surface area contributed by atoms with Gasteiger partial charge in [0.15, 0.2) is 11.8 Å². The average molecular weight is 573 g/mol. The second-order valence-corrected chi connectivity index (χ2v) is 8.23. The molecule has 0 radical (unpaired) electrons. The fourth-order valence-corrected chi connectivity index (χ4v) is 3.91. The van der Waals surface area contributed by atoms with Crippen LogP contribution in [0.15, 0.2) is 53.7 Å². The van der Waals surface area contributed by atoms with Gasteiger partial charge in [0, 0.05) is 43.6 Å².